The third-order valence-corrected chi connectivity index (χ3v) is 5.15. The first-order valence-corrected chi connectivity index (χ1v) is 9.99. The quantitative estimate of drug-likeness (QED) is 0.548. The van der Waals surface area contributed by atoms with Crippen molar-refractivity contribution in [1.82, 2.24) is 9.88 Å². The van der Waals surface area contributed by atoms with Crippen LogP contribution in [0.15, 0.2) is 36.4 Å². The van der Waals surface area contributed by atoms with Crippen molar-refractivity contribution in [3.05, 3.63) is 58.2 Å². The largest absolute Gasteiger partial charge is 0.506 e. The molecule has 164 valence electrons. The second kappa shape index (κ2) is 9.34. The first-order valence-electron chi connectivity index (χ1n) is 9.61. The number of ether oxygens (including phenoxy) is 1. The zero-order chi connectivity index (χ0) is 22.7. The zero-order valence-corrected chi connectivity index (χ0v) is 17.7. The number of nitrogens with one attached hydrogen (secondary N) is 1. The van der Waals surface area contributed by atoms with Gasteiger partial charge in [0.1, 0.15) is 11.5 Å². The van der Waals surface area contributed by atoms with Crippen molar-refractivity contribution in [3.8, 4) is 11.5 Å². The molecule has 0 saturated heterocycles. The first kappa shape index (κ1) is 22.6. The van der Waals surface area contributed by atoms with Gasteiger partial charge in [0, 0.05) is 23.2 Å². The molecule has 2 N–H and O–H groups in total. The molecule has 1 heterocycles. The lowest BCUT2D eigenvalue weighted by Gasteiger charge is -2.09. The molecule has 0 spiro atoms. The molecular weight excluding hydrogens is 430 g/mol. The van der Waals surface area contributed by atoms with Crippen molar-refractivity contribution in [2.24, 2.45) is 0 Å². The molecule has 9 heteroatoms. The minimum atomic E-state index is -2.96. The number of hydrogen-bond donors (Lipinski definition) is 2. The van der Waals surface area contributed by atoms with Crippen LogP contribution in [0.2, 0.25) is 5.02 Å². The summed E-state index contributed by atoms with van der Waals surface area (Å²) in [7, 11) is 0. The van der Waals surface area contributed by atoms with Crippen LogP contribution < -0.4 is 10.1 Å². The second-order valence-electron chi connectivity index (χ2n) is 6.95. The van der Waals surface area contributed by atoms with Crippen molar-refractivity contribution < 1.29 is 28.2 Å². The minimum absolute atomic E-state index is 0.0187. The molecule has 2 aromatic carbocycles. The molecule has 0 saturated carbocycles. The van der Waals surface area contributed by atoms with E-state index in [2.05, 4.69) is 10.1 Å². The maximum Gasteiger partial charge on any atom is 0.387 e. The van der Waals surface area contributed by atoms with Gasteiger partial charge in [-0.15, -0.1) is 0 Å². The molecule has 0 aliphatic rings. The normalized spacial score (nSPS) is 11.2. The third kappa shape index (κ3) is 4.80. The number of nitrogens with zero attached hydrogens (tertiary/aromatic N) is 1. The number of halogens is 3. The van der Waals surface area contributed by atoms with Gasteiger partial charge in [-0.25, -0.2) is 0 Å². The monoisotopic (exact) mass is 450 g/mol. The maximum atomic E-state index is 13.2. The number of aromatic hydroxyl groups is 1. The Hall–Kier alpha value is -3.13. The fraction of sp³-hybridized carbons (Fsp3) is 0.273. The summed E-state index contributed by atoms with van der Waals surface area (Å²) in [6.07, 6.45) is 0.803. The van der Waals surface area contributed by atoms with Gasteiger partial charge in [0.15, 0.2) is 0 Å². The molecule has 3 aromatic rings. The van der Waals surface area contributed by atoms with Gasteiger partial charge >= 0.3 is 6.61 Å². The number of amides is 1. The van der Waals surface area contributed by atoms with Gasteiger partial charge in [0.2, 0.25) is 5.91 Å². The summed E-state index contributed by atoms with van der Waals surface area (Å²) in [4.78, 5) is 25.6. The fourth-order valence-corrected chi connectivity index (χ4v) is 3.53. The number of benzene rings is 2. The highest BCUT2D eigenvalue weighted by molar-refractivity contribution is 6.33. The zero-order valence-electron chi connectivity index (χ0n) is 16.9. The third-order valence-electron chi connectivity index (χ3n) is 4.84. The topological polar surface area (TPSA) is 80.6 Å². The van der Waals surface area contributed by atoms with Crippen LogP contribution in [0.5, 0.6) is 11.5 Å². The molecule has 0 fully saturated rings. The molecule has 1 amide bonds. The van der Waals surface area contributed by atoms with E-state index < -0.39 is 12.5 Å². The van der Waals surface area contributed by atoms with E-state index in [1.807, 2.05) is 6.92 Å². The predicted octanol–water partition coefficient (Wildman–Crippen LogP) is 4.67. The van der Waals surface area contributed by atoms with Crippen molar-refractivity contribution in [1.29, 1.82) is 0 Å². The van der Waals surface area contributed by atoms with Crippen molar-refractivity contribution in [2.75, 3.05) is 6.54 Å². The van der Waals surface area contributed by atoms with Crippen molar-refractivity contribution in [2.45, 2.75) is 33.3 Å². The van der Waals surface area contributed by atoms with Crippen LogP contribution >= 0.6 is 11.6 Å². The summed E-state index contributed by atoms with van der Waals surface area (Å²) in [5, 5.41) is 13.4. The number of phenols is 1. The first-order chi connectivity index (χ1) is 14.7. The standard InChI is InChI=1S/C22H21ClF2N2O4/c1-3-8-26-20(29)10-15-12(2)27(18-11-17(23)19(28)9-16(15)18)21(30)13-4-6-14(7-5-13)31-22(24)25/h4-7,9,11,22,28H,3,8,10H2,1-2H3,(H,26,29). The van der Waals surface area contributed by atoms with Gasteiger partial charge in [-0.3, -0.25) is 14.2 Å². The molecule has 1 aromatic heterocycles. The molecule has 0 bridgehead atoms. The molecule has 6 nitrogen and oxygen atoms in total. The lowest BCUT2D eigenvalue weighted by Crippen LogP contribution is -2.26. The number of alkyl halides is 2. The highest BCUT2D eigenvalue weighted by Gasteiger charge is 2.23. The van der Waals surface area contributed by atoms with Gasteiger partial charge in [0.25, 0.3) is 5.91 Å². The average molecular weight is 451 g/mol. The minimum Gasteiger partial charge on any atom is -0.506 e. The molecule has 0 radical (unpaired) electrons. The molecule has 0 aliphatic heterocycles. The molecule has 0 unspecified atom stereocenters. The van der Waals surface area contributed by atoms with Gasteiger partial charge in [-0.05, 0) is 55.3 Å². The Bertz CT molecular complexity index is 1130. The Morgan fingerprint density at radius 3 is 2.52 bits per heavy atom. The number of rotatable bonds is 7. The number of carbonyl (C=O) groups is 2. The van der Waals surface area contributed by atoms with E-state index in [9.17, 15) is 23.5 Å². The Morgan fingerprint density at radius 1 is 1.23 bits per heavy atom. The average Bonchev–Trinajstić information content (AvgIpc) is 2.97. The second-order valence-corrected chi connectivity index (χ2v) is 7.36. The molecular formula is C22H21ClF2N2O4. The molecule has 3 rings (SSSR count). The highest BCUT2D eigenvalue weighted by Crippen LogP contribution is 2.35. The summed E-state index contributed by atoms with van der Waals surface area (Å²) in [6, 6.07) is 8.19. The summed E-state index contributed by atoms with van der Waals surface area (Å²) in [5.41, 5.74) is 1.76. The highest BCUT2D eigenvalue weighted by atomic mass is 35.5. The van der Waals surface area contributed by atoms with E-state index >= 15 is 0 Å². The van der Waals surface area contributed by atoms with Crippen LogP contribution in [-0.2, 0) is 11.2 Å². The van der Waals surface area contributed by atoms with Crippen molar-refractivity contribution in [3.63, 3.8) is 0 Å². The van der Waals surface area contributed by atoms with E-state index in [4.69, 9.17) is 11.6 Å². The summed E-state index contributed by atoms with van der Waals surface area (Å²) < 4.78 is 30.4. The Kier molecular flexibility index (Phi) is 6.80. The molecule has 0 atom stereocenters. The van der Waals surface area contributed by atoms with Crippen LogP contribution in [0.4, 0.5) is 8.78 Å². The van der Waals surface area contributed by atoms with E-state index in [1.165, 1.54) is 41.0 Å². The van der Waals surface area contributed by atoms with Gasteiger partial charge in [0.05, 0.1) is 17.0 Å². The van der Waals surface area contributed by atoms with Crippen LogP contribution in [0.3, 0.4) is 0 Å². The van der Waals surface area contributed by atoms with E-state index in [0.717, 1.165) is 6.42 Å². The Labute approximate surface area is 182 Å². The SMILES string of the molecule is CCCNC(=O)Cc1c(C)n(C(=O)c2ccc(OC(F)F)cc2)c2cc(Cl)c(O)cc12. The number of hydrogen-bond acceptors (Lipinski definition) is 4. The number of fused-ring (bicyclic) bond motifs is 1. The van der Waals surface area contributed by atoms with Gasteiger partial charge in [-0.1, -0.05) is 18.5 Å². The Morgan fingerprint density at radius 2 is 1.90 bits per heavy atom. The molecule has 31 heavy (non-hydrogen) atoms. The maximum absolute atomic E-state index is 13.2. The predicted molar refractivity (Wildman–Crippen MR) is 113 cm³/mol. The summed E-state index contributed by atoms with van der Waals surface area (Å²) in [6.45, 7) is 1.20. The smallest absolute Gasteiger partial charge is 0.387 e. The lowest BCUT2D eigenvalue weighted by molar-refractivity contribution is -0.120. The van der Waals surface area contributed by atoms with Gasteiger partial charge in [-0.2, -0.15) is 8.78 Å². The molecule has 0 aliphatic carbocycles. The van der Waals surface area contributed by atoms with E-state index in [1.54, 1.807) is 6.92 Å². The fourth-order valence-electron chi connectivity index (χ4n) is 3.37. The van der Waals surface area contributed by atoms with Gasteiger partial charge < -0.3 is 15.2 Å². The number of aromatic nitrogens is 1. The number of carbonyl (C=O) groups excluding carboxylic acids is 2. The van der Waals surface area contributed by atoms with Crippen LogP contribution in [0.25, 0.3) is 10.9 Å². The van der Waals surface area contributed by atoms with E-state index in [-0.39, 0.29) is 34.4 Å². The summed E-state index contributed by atoms with van der Waals surface area (Å²) >= 11 is 6.07. The summed E-state index contributed by atoms with van der Waals surface area (Å²) in [5.74, 6) is -0.878. The lowest BCUT2D eigenvalue weighted by atomic mass is 10.1. The van der Waals surface area contributed by atoms with Crippen molar-refractivity contribution >= 4 is 34.3 Å². The van der Waals surface area contributed by atoms with E-state index in [0.29, 0.717) is 28.7 Å². The van der Waals surface area contributed by atoms with Crippen LogP contribution in [-0.4, -0.2) is 34.6 Å². The van der Waals surface area contributed by atoms with Crippen LogP contribution in [0.1, 0.15) is 35.0 Å². The van der Waals surface area contributed by atoms with Crippen LogP contribution in [0, 0.1) is 6.92 Å². The number of phenolic OH excluding ortho intramolecular Hbond substituents is 1. The Balaban J connectivity index is 2.06.